The fourth-order valence-corrected chi connectivity index (χ4v) is 3.36. The second-order valence-corrected chi connectivity index (χ2v) is 6.62. The zero-order chi connectivity index (χ0) is 12.1. The first-order valence-electron chi connectivity index (χ1n) is 5.59. The lowest BCUT2D eigenvalue weighted by atomic mass is 9.94. The van der Waals surface area contributed by atoms with Crippen LogP contribution in [0, 0.1) is 5.92 Å². The van der Waals surface area contributed by atoms with Crippen molar-refractivity contribution in [3.63, 3.8) is 0 Å². The highest BCUT2D eigenvalue weighted by Crippen LogP contribution is 2.34. The molecule has 1 unspecified atom stereocenters. The molecule has 1 rings (SSSR count). The maximum atomic E-state index is 12.2. The fraction of sp³-hybridized carbons (Fsp3) is 0.583. The van der Waals surface area contributed by atoms with Gasteiger partial charge in [-0.2, -0.15) is 0 Å². The lowest BCUT2D eigenvalue weighted by molar-refractivity contribution is 0.0912. The van der Waals surface area contributed by atoms with Crippen molar-refractivity contribution in [2.24, 2.45) is 5.92 Å². The second kappa shape index (κ2) is 6.77. The quantitative estimate of drug-likeness (QED) is 0.626. The Morgan fingerprint density at radius 1 is 1.56 bits per heavy atom. The van der Waals surface area contributed by atoms with E-state index >= 15 is 0 Å². The minimum atomic E-state index is 0.154. The van der Waals surface area contributed by atoms with Gasteiger partial charge in [-0.1, -0.05) is 38.3 Å². The Bertz CT molecular complexity index is 342. The van der Waals surface area contributed by atoms with E-state index in [0.29, 0.717) is 5.02 Å². The van der Waals surface area contributed by atoms with Crippen LogP contribution in [0.2, 0.25) is 5.02 Å². The van der Waals surface area contributed by atoms with Crippen LogP contribution in [0.1, 0.15) is 49.2 Å². The number of carbonyl (C=O) groups is 1. The van der Waals surface area contributed by atoms with E-state index in [1.54, 1.807) is 6.07 Å². The lowest BCUT2D eigenvalue weighted by Gasteiger charge is -2.11. The number of halogens is 2. The normalized spacial score (nSPS) is 12.8. The van der Waals surface area contributed by atoms with E-state index < -0.39 is 0 Å². The maximum Gasteiger partial charge on any atom is 0.175 e. The van der Waals surface area contributed by atoms with Gasteiger partial charge in [0.1, 0.15) is 0 Å². The molecule has 1 heterocycles. The maximum absolute atomic E-state index is 12.2. The summed E-state index contributed by atoms with van der Waals surface area (Å²) in [5.41, 5.74) is 0. The molecular formula is C12H16BrClOS. The van der Waals surface area contributed by atoms with Crippen LogP contribution < -0.4 is 0 Å². The smallest absolute Gasteiger partial charge is 0.175 e. The molecule has 0 aliphatic heterocycles. The van der Waals surface area contributed by atoms with Crippen LogP contribution in [0.3, 0.4) is 0 Å². The molecule has 1 atom stereocenters. The minimum Gasteiger partial charge on any atom is -0.293 e. The monoisotopic (exact) mass is 322 g/mol. The molecule has 0 amide bonds. The van der Waals surface area contributed by atoms with E-state index in [1.165, 1.54) is 11.3 Å². The summed E-state index contributed by atoms with van der Waals surface area (Å²) in [5, 5.41) is 0.638. The van der Waals surface area contributed by atoms with Gasteiger partial charge in [-0.3, -0.25) is 4.79 Å². The first kappa shape index (κ1) is 14.2. The van der Waals surface area contributed by atoms with Crippen LogP contribution in [0.4, 0.5) is 0 Å². The first-order chi connectivity index (χ1) is 7.60. The zero-order valence-electron chi connectivity index (χ0n) is 9.56. The van der Waals surface area contributed by atoms with Crippen molar-refractivity contribution < 1.29 is 4.79 Å². The molecule has 90 valence electrons. The summed E-state index contributed by atoms with van der Waals surface area (Å²) in [4.78, 5) is 13.0. The Kier molecular flexibility index (Phi) is 6.01. The molecule has 0 aliphatic rings. The van der Waals surface area contributed by atoms with E-state index in [0.717, 1.165) is 34.3 Å². The summed E-state index contributed by atoms with van der Waals surface area (Å²) < 4.78 is 0.850. The predicted octanol–water partition coefficient (Wildman–Crippen LogP) is 5.56. The predicted molar refractivity (Wildman–Crippen MR) is 74.7 cm³/mol. The largest absolute Gasteiger partial charge is 0.293 e. The summed E-state index contributed by atoms with van der Waals surface area (Å²) in [7, 11) is 0. The molecule has 0 saturated heterocycles. The van der Waals surface area contributed by atoms with Gasteiger partial charge in [-0.15, -0.1) is 11.3 Å². The Labute approximate surface area is 114 Å². The molecule has 0 N–H and O–H groups in total. The van der Waals surface area contributed by atoms with E-state index in [2.05, 4.69) is 29.8 Å². The van der Waals surface area contributed by atoms with Crippen molar-refractivity contribution >= 4 is 44.7 Å². The van der Waals surface area contributed by atoms with Crippen LogP contribution in [-0.2, 0) is 0 Å². The highest BCUT2D eigenvalue weighted by molar-refractivity contribution is 9.11. The van der Waals surface area contributed by atoms with Crippen LogP contribution in [0.5, 0.6) is 0 Å². The molecule has 16 heavy (non-hydrogen) atoms. The highest BCUT2D eigenvalue weighted by Gasteiger charge is 2.20. The average Bonchev–Trinajstić information content (AvgIpc) is 2.60. The number of rotatable bonds is 6. The molecule has 0 aliphatic carbocycles. The minimum absolute atomic E-state index is 0.154. The van der Waals surface area contributed by atoms with Gasteiger partial charge in [-0.05, 0) is 34.8 Å². The Morgan fingerprint density at radius 3 is 2.69 bits per heavy atom. The molecule has 0 radical (unpaired) electrons. The highest BCUT2D eigenvalue weighted by atomic mass is 79.9. The summed E-state index contributed by atoms with van der Waals surface area (Å²) in [5.74, 6) is 0.398. The van der Waals surface area contributed by atoms with Crippen molar-refractivity contribution in [3.05, 3.63) is 19.8 Å². The standard InChI is InChI=1S/C12H16BrClOS/c1-3-5-6-8(4-2)11(15)10-7-9(14)12(13)16-10/h7-8H,3-6H2,1-2H3. The van der Waals surface area contributed by atoms with E-state index in [-0.39, 0.29) is 11.7 Å². The van der Waals surface area contributed by atoms with Crippen LogP contribution in [0.25, 0.3) is 0 Å². The van der Waals surface area contributed by atoms with Crippen molar-refractivity contribution in [2.75, 3.05) is 0 Å². The topological polar surface area (TPSA) is 17.1 Å². The number of carbonyl (C=O) groups excluding carboxylic acids is 1. The van der Waals surface area contributed by atoms with Gasteiger partial charge in [0.15, 0.2) is 5.78 Å². The van der Waals surface area contributed by atoms with Crippen LogP contribution in [0.15, 0.2) is 9.85 Å². The van der Waals surface area contributed by atoms with Gasteiger partial charge < -0.3 is 0 Å². The number of hydrogen-bond acceptors (Lipinski definition) is 2. The Hall–Kier alpha value is 0.140. The zero-order valence-corrected chi connectivity index (χ0v) is 12.7. The van der Waals surface area contributed by atoms with Gasteiger partial charge in [-0.25, -0.2) is 0 Å². The average molecular weight is 324 g/mol. The van der Waals surface area contributed by atoms with Crippen molar-refractivity contribution in [3.8, 4) is 0 Å². The third-order valence-electron chi connectivity index (χ3n) is 2.66. The third kappa shape index (κ3) is 3.57. The molecule has 0 spiro atoms. The molecule has 1 aromatic heterocycles. The number of Topliss-reactive ketones (excluding diaryl/α,β-unsaturated/α-hetero) is 1. The van der Waals surface area contributed by atoms with Crippen molar-refractivity contribution in [2.45, 2.75) is 39.5 Å². The number of ketones is 1. The Balaban J connectivity index is 2.74. The second-order valence-electron chi connectivity index (χ2n) is 3.84. The molecule has 1 nitrogen and oxygen atoms in total. The van der Waals surface area contributed by atoms with Gasteiger partial charge >= 0.3 is 0 Å². The summed E-state index contributed by atoms with van der Waals surface area (Å²) >= 11 is 10.7. The SMILES string of the molecule is CCCCC(CC)C(=O)c1cc(Cl)c(Br)s1. The van der Waals surface area contributed by atoms with Gasteiger partial charge in [0.05, 0.1) is 13.7 Å². The number of hydrogen-bond donors (Lipinski definition) is 0. The Morgan fingerprint density at radius 2 is 2.25 bits per heavy atom. The summed E-state index contributed by atoms with van der Waals surface area (Å²) in [6.07, 6.45) is 4.15. The molecule has 0 bridgehead atoms. The third-order valence-corrected chi connectivity index (χ3v) is 5.15. The molecule has 0 fully saturated rings. The van der Waals surface area contributed by atoms with Crippen molar-refractivity contribution in [1.82, 2.24) is 0 Å². The van der Waals surface area contributed by atoms with E-state index in [9.17, 15) is 4.79 Å². The lowest BCUT2D eigenvalue weighted by Crippen LogP contribution is -2.12. The summed E-state index contributed by atoms with van der Waals surface area (Å²) in [6.45, 7) is 4.22. The van der Waals surface area contributed by atoms with E-state index in [4.69, 9.17) is 11.6 Å². The van der Waals surface area contributed by atoms with Gasteiger partial charge in [0.2, 0.25) is 0 Å². The molecular weight excluding hydrogens is 308 g/mol. The number of thiophene rings is 1. The van der Waals surface area contributed by atoms with E-state index in [1.807, 2.05) is 0 Å². The van der Waals surface area contributed by atoms with Crippen molar-refractivity contribution in [1.29, 1.82) is 0 Å². The van der Waals surface area contributed by atoms with Gasteiger partial charge in [0, 0.05) is 5.92 Å². The van der Waals surface area contributed by atoms with Crippen LogP contribution >= 0.6 is 38.9 Å². The van der Waals surface area contributed by atoms with Gasteiger partial charge in [0.25, 0.3) is 0 Å². The summed E-state index contributed by atoms with van der Waals surface area (Å²) in [6, 6.07) is 1.77. The molecule has 4 heteroatoms. The van der Waals surface area contributed by atoms with Crippen LogP contribution in [-0.4, -0.2) is 5.78 Å². The molecule has 0 saturated carbocycles. The number of unbranched alkanes of at least 4 members (excludes halogenated alkanes) is 1. The molecule has 1 aromatic rings. The molecule has 0 aromatic carbocycles. The first-order valence-corrected chi connectivity index (χ1v) is 7.57. The fourth-order valence-electron chi connectivity index (χ4n) is 1.64.